The summed E-state index contributed by atoms with van der Waals surface area (Å²) in [6, 6.07) is 2.24. The highest BCUT2D eigenvalue weighted by Crippen LogP contribution is 2.41. The van der Waals surface area contributed by atoms with Crippen LogP contribution in [-0.4, -0.2) is 13.2 Å². The second-order valence-corrected chi connectivity index (χ2v) is 3.88. The second kappa shape index (κ2) is 6.63. The van der Waals surface area contributed by atoms with E-state index in [2.05, 4.69) is 0 Å². The molecule has 0 aromatic heterocycles. The Morgan fingerprint density at radius 3 is 2.21 bits per heavy atom. The molecule has 0 amide bonds. The molecular formula is C13H16F4O2. The molecule has 0 aliphatic heterocycles. The third-order valence-corrected chi connectivity index (χ3v) is 2.41. The van der Waals surface area contributed by atoms with Gasteiger partial charge in [-0.15, -0.1) is 0 Å². The predicted octanol–water partition coefficient (Wildman–Crippen LogP) is 4.42. The molecular weight excluding hydrogens is 264 g/mol. The van der Waals surface area contributed by atoms with Crippen LogP contribution in [0.4, 0.5) is 17.6 Å². The first-order chi connectivity index (χ1) is 8.91. The van der Waals surface area contributed by atoms with Gasteiger partial charge in [-0.2, -0.15) is 13.2 Å². The molecule has 0 saturated heterocycles. The van der Waals surface area contributed by atoms with E-state index < -0.39 is 29.1 Å². The zero-order valence-corrected chi connectivity index (χ0v) is 10.8. The summed E-state index contributed by atoms with van der Waals surface area (Å²) in [5, 5.41) is 0. The van der Waals surface area contributed by atoms with E-state index in [9.17, 15) is 17.6 Å². The normalized spacial score (nSPS) is 11.5. The van der Waals surface area contributed by atoms with E-state index in [1.165, 1.54) is 0 Å². The highest BCUT2D eigenvalue weighted by molar-refractivity contribution is 5.43. The van der Waals surface area contributed by atoms with E-state index in [-0.39, 0.29) is 13.2 Å². The fourth-order valence-electron chi connectivity index (χ4n) is 1.52. The van der Waals surface area contributed by atoms with Crippen LogP contribution in [0.5, 0.6) is 11.5 Å². The summed E-state index contributed by atoms with van der Waals surface area (Å²) >= 11 is 0. The minimum Gasteiger partial charge on any atom is -0.493 e. The number of ether oxygens (including phenoxy) is 2. The molecule has 0 unspecified atom stereocenters. The van der Waals surface area contributed by atoms with E-state index in [1.807, 2.05) is 6.92 Å². The van der Waals surface area contributed by atoms with Crippen molar-refractivity contribution in [2.75, 3.05) is 13.2 Å². The topological polar surface area (TPSA) is 18.5 Å². The number of rotatable bonds is 6. The number of unbranched alkanes of at least 4 members (excludes halogenated alkanes) is 1. The van der Waals surface area contributed by atoms with Gasteiger partial charge in [-0.3, -0.25) is 0 Å². The lowest BCUT2D eigenvalue weighted by Crippen LogP contribution is -2.13. The largest absolute Gasteiger partial charge is 0.493 e. The summed E-state index contributed by atoms with van der Waals surface area (Å²) in [5.74, 6) is -2.34. The average molecular weight is 280 g/mol. The second-order valence-electron chi connectivity index (χ2n) is 3.88. The molecule has 1 rings (SSSR count). The van der Waals surface area contributed by atoms with Crippen molar-refractivity contribution < 1.29 is 27.0 Å². The minimum atomic E-state index is -4.82. The predicted molar refractivity (Wildman–Crippen MR) is 63.0 cm³/mol. The quantitative estimate of drug-likeness (QED) is 0.567. The lowest BCUT2D eigenvalue weighted by molar-refractivity contribution is -0.141. The Morgan fingerprint density at radius 2 is 1.68 bits per heavy atom. The highest BCUT2D eigenvalue weighted by Gasteiger charge is 2.39. The van der Waals surface area contributed by atoms with Crippen LogP contribution in [0.3, 0.4) is 0 Å². The van der Waals surface area contributed by atoms with Gasteiger partial charge in [0, 0.05) is 0 Å². The molecule has 0 saturated carbocycles. The first-order valence-electron chi connectivity index (χ1n) is 6.07. The number of halogens is 4. The smallest absolute Gasteiger partial charge is 0.422 e. The van der Waals surface area contributed by atoms with E-state index in [1.54, 1.807) is 6.92 Å². The van der Waals surface area contributed by atoms with E-state index in [0.29, 0.717) is 6.42 Å². The molecule has 0 spiro atoms. The average Bonchev–Trinajstić information content (AvgIpc) is 2.31. The van der Waals surface area contributed by atoms with Crippen LogP contribution in [-0.2, 0) is 6.18 Å². The Labute approximate surface area is 109 Å². The molecule has 0 N–H and O–H groups in total. The monoisotopic (exact) mass is 280 g/mol. The molecule has 1 aromatic carbocycles. The Morgan fingerprint density at radius 1 is 1.05 bits per heavy atom. The number of benzene rings is 1. The third kappa shape index (κ3) is 4.01. The molecule has 108 valence electrons. The van der Waals surface area contributed by atoms with E-state index in [4.69, 9.17) is 9.47 Å². The van der Waals surface area contributed by atoms with Gasteiger partial charge in [0.25, 0.3) is 0 Å². The van der Waals surface area contributed by atoms with Gasteiger partial charge in [-0.25, -0.2) is 4.39 Å². The standard InChI is InChI=1S/C13H16F4O2/c1-3-5-8-19-9-6-7-10(18-4-2)12(14)11(9)13(15,16)17/h6-7H,3-5,8H2,1-2H3. The molecule has 2 nitrogen and oxygen atoms in total. The number of hydrogen-bond donors (Lipinski definition) is 0. The fourth-order valence-corrected chi connectivity index (χ4v) is 1.52. The molecule has 19 heavy (non-hydrogen) atoms. The molecule has 0 radical (unpaired) electrons. The minimum absolute atomic E-state index is 0.0876. The number of hydrogen-bond acceptors (Lipinski definition) is 2. The Hall–Kier alpha value is -1.46. The highest BCUT2D eigenvalue weighted by atomic mass is 19.4. The Bertz CT molecular complexity index is 416. The molecule has 0 aliphatic rings. The molecule has 0 bridgehead atoms. The Kier molecular flexibility index (Phi) is 5.44. The van der Waals surface area contributed by atoms with E-state index in [0.717, 1.165) is 18.6 Å². The van der Waals surface area contributed by atoms with Crippen LogP contribution in [0.1, 0.15) is 32.3 Å². The maximum atomic E-state index is 13.8. The van der Waals surface area contributed by atoms with Gasteiger partial charge in [-0.05, 0) is 25.5 Å². The van der Waals surface area contributed by atoms with Crippen molar-refractivity contribution in [2.45, 2.75) is 32.9 Å². The van der Waals surface area contributed by atoms with Crippen LogP contribution >= 0.6 is 0 Å². The van der Waals surface area contributed by atoms with Gasteiger partial charge in [0.05, 0.1) is 13.2 Å². The summed E-state index contributed by atoms with van der Waals surface area (Å²) in [5.41, 5.74) is -1.41. The van der Waals surface area contributed by atoms with Crippen molar-refractivity contribution in [1.29, 1.82) is 0 Å². The van der Waals surface area contributed by atoms with Gasteiger partial charge in [0.1, 0.15) is 11.3 Å². The first kappa shape index (κ1) is 15.6. The molecule has 0 fully saturated rings. The third-order valence-electron chi connectivity index (χ3n) is 2.41. The molecule has 0 aliphatic carbocycles. The van der Waals surface area contributed by atoms with Gasteiger partial charge < -0.3 is 9.47 Å². The van der Waals surface area contributed by atoms with Crippen LogP contribution < -0.4 is 9.47 Å². The van der Waals surface area contributed by atoms with Gasteiger partial charge in [-0.1, -0.05) is 13.3 Å². The fraction of sp³-hybridized carbons (Fsp3) is 0.538. The summed E-state index contributed by atoms with van der Waals surface area (Å²) < 4.78 is 62.2. The van der Waals surface area contributed by atoms with Crippen molar-refractivity contribution in [3.8, 4) is 11.5 Å². The van der Waals surface area contributed by atoms with Crippen LogP contribution in [0.2, 0.25) is 0 Å². The molecule has 1 aromatic rings. The number of alkyl halides is 3. The maximum absolute atomic E-state index is 13.8. The Balaban J connectivity index is 3.13. The van der Waals surface area contributed by atoms with Crippen molar-refractivity contribution in [3.63, 3.8) is 0 Å². The summed E-state index contributed by atoms with van der Waals surface area (Å²) in [6.45, 7) is 3.66. The van der Waals surface area contributed by atoms with Gasteiger partial charge >= 0.3 is 6.18 Å². The summed E-state index contributed by atoms with van der Waals surface area (Å²) in [7, 11) is 0. The van der Waals surface area contributed by atoms with Crippen molar-refractivity contribution in [1.82, 2.24) is 0 Å². The molecule has 6 heteroatoms. The maximum Gasteiger partial charge on any atom is 0.422 e. The lowest BCUT2D eigenvalue weighted by atomic mass is 10.1. The van der Waals surface area contributed by atoms with Crippen LogP contribution in [0, 0.1) is 5.82 Å². The van der Waals surface area contributed by atoms with Gasteiger partial charge in [0.15, 0.2) is 11.6 Å². The lowest BCUT2D eigenvalue weighted by Gasteiger charge is -2.16. The van der Waals surface area contributed by atoms with Gasteiger partial charge in [0.2, 0.25) is 0 Å². The van der Waals surface area contributed by atoms with Crippen LogP contribution in [0.15, 0.2) is 12.1 Å². The van der Waals surface area contributed by atoms with Crippen molar-refractivity contribution in [2.24, 2.45) is 0 Å². The summed E-state index contributed by atoms with van der Waals surface area (Å²) in [4.78, 5) is 0. The zero-order chi connectivity index (χ0) is 14.5. The van der Waals surface area contributed by atoms with Crippen molar-refractivity contribution >= 4 is 0 Å². The summed E-state index contributed by atoms with van der Waals surface area (Å²) in [6.07, 6.45) is -3.44. The molecule has 0 atom stereocenters. The molecule has 0 heterocycles. The first-order valence-corrected chi connectivity index (χ1v) is 6.07. The van der Waals surface area contributed by atoms with E-state index >= 15 is 0 Å². The van der Waals surface area contributed by atoms with Crippen molar-refractivity contribution in [3.05, 3.63) is 23.5 Å². The zero-order valence-electron chi connectivity index (χ0n) is 10.8. The SMILES string of the molecule is CCCCOc1ccc(OCC)c(F)c1C(F)(F)F. The van der Waals surface area contributed by atoms with Crippen LogP contribution in [0.25, 0.3) is 0 Å².